The fourth-order valence-corrected chi connectivity index (χ4v) is 4.23. The highest BCUT2D eigenvalue weighted by Crippen LogP contribution is 2.39. The number of hydrogen-bond donors (Lipinski definition) is 0. The molecule has 0 radical (unpaired) electrons. The highest BCUT2D eigenvalue weighted by molar-refractivity contribution is 6.13. The molecule has 0 N–H and O–H groups in total. The molecule has 2 heterocycles. The molecule has 2 aromatic heterocycles. The van der Waals surface area contributed by atoms with Gasteiger partial charge in [-0.3, -0.25) is 0 Å². The highest BCUT2D eigenvalue weighted by atomic mass is 16.3. The summed E-state index contributed by atoms with van der Waals surface area (Å²) >= 11 is 0. The molecule has 2 heteroatoms. The summed E-state index contributed by atoms with van der Waals surface area (Å²) in [5.41, 5.74) is 6.92. The van der Waals surface area contributed by atoms with E-state index < -0.39 is 0 Å². The van der Waals surface area contributed by atoms with Crippen molar-refractivity contribution >= 4 is 32.7 Å². The van der Waals surface area contributed by atoms with Gasteiger partial charge in [0.15, 0.2) is 6.20 Å². The van der Waals surface area contributed by atoms with Gasteiger partial charge in [-0.15, -0.1) is 0 Å². The van der Waals surface area contributed by atoms with Gasteiger partial charge in [0, 0.05) is 22.9 Å². The third-order valence-corrected chi connectivity index (χ3v) is 5.99. The number of pyridine rings is 1. The summed E-state index contributed by atoms with van der Waals surface area (Å²) in [6, 6.07) is 21.8. The fraction of sp³-hybridized carbons (Fsp3) is 0.222. The van der Waals surface area contributed by atoms with Gasteiger partial charge in [0.1, 0.15) is 18.2 Å². The molecule has 0 saturated heterocycles. The van der Waals surface area contributed by atoms with Gasteiger partial charge in [0.05, 0.1) is 5.56 Å². The van der Waals surface area contributed by atoms with Crippen molar-refractivity contribution in [3.8, 4) is 11.3 Å². The van der Waals surface area contributed by atoms with E-state index in [0.29, 0.717) is 0 Å². The Bertz CT molecular complexity index is 1400. The number of fused-ring (bicyclic) bond motifs is 4. The van der Waals surface area contributed by atoms with Gasteiger partial charge in [-0.1, -0.05) is 57.2 Å². The molecule has 0 aliphatic heterocycles. The van der Waals surface area contributed by atoms with Gasteiger partial charge in [-0.05, 0) is 46.4 Å². The minimum atomic E-state index is 0.0937. The zero-order valence-corrected chi connectivity index (χ0v) is 17.7. The molecule has 2 nitrogen and oxygen atoms in total. The second-order valence-corrected chi connectivity index (χ2v) is 9.09. The van der Waals surface area contributed by atoms with Crippen molar-refractivity contribution in [1.82, 2.24) is 0 Å². The van der Waals surface area contributed by atoms with E-state index in [0.717, 1.165) is 11.2 Å². The van der Waals surface area contributed by atoms with Crippen LogP contribution in [-0.4, -0.2) is 0 Å². The molecule has 5 rings (SSSR count). The smallest absolute Gasteiger partial charge is 0.216 e. The number of rotatable bonds is 1. The monoisotopic (exact) mass is 380 g/mol. The zero-order valence-electron chi connectivity index (χ0n) is 17.7. The molecular weight excluding hydrogens is 354 g/mol. The van der Waals surface area contributed by atoms with Crippen molar-refractivity contribution in [2.24, 2.45) is 7.05 Å². The molecule has 0 unspecified atom stereocenters. The van der Waals surface area contributed by atoms with Gasteiger partial charge in [0.25, 0.3) is 0 Å². The van der Waals surface area contributed by atoms with E-state index in [9.17, 15) is 0 Å². The summed E-state index contributed by atoms with van der Waals surface area (Å²) in [7, 11) is 2.11. The average molecular weight is 381 g/mol. The topological polar surface area (TPSA) is 17.0 Å². The van der Waals surface area contributed by atoms with Crippen molar-refractivity contribution in [3.63, 3.8) is 0 Å². The highest BCUT2D eigenvalue weighted by Gasteiger charge is 2.24. The van der Waals surface area contributed by atoms with Crippen LogP contribution in [0.4, 0.5) is 0 Å². The van der Waals surface area contributed by atoms with E-state index in [1.54, 1.807) is 0 Å². The van der Waals surface area contributed by atoms with E-state index in [2.05, 4.69) is 106 Å². The van der Waals surface area contributed by atoms with Gasteiger partial charge in [0.2, 0.25) is 5.69 Å². The normalized spacial score (nSPS) is 12.3. The molecule has 5 aromatic rings. The van der Waals surface area contributed by atoms with Crippen LogP contribution < -0.4 is 4.57 Å². The Morgan fingerprint density at radius 1 is 0.828 bits per heavy atom. The van der Waals surface area contributed by atoms with Crippen LogP contribution in [0.25, 0.3) is 44.0 Å². The molecule has 0 bridgehead atoms. The van der Waals surface area contributed by atoms with E-state index in [1.807, 2.05) is 0 Å². The van der Waals surface area contributed by atoms with Crippen molar-refractivity contribution < 1.29 is 8.98 Å². The van der Waals surface area contributed by atoms with Crippen LogP contribution in [0, 0.1) is 6.92 Å². The lowest BCUT2D eigenvalue weighted by Gasteiger charge is -2.19. The summed E-state index contributed by atoms with van der Waals surface area (Å²) in [5, 5.41) is 4.80. The summed E-state index contributed by atoms with van der Waals surface area (Å²) in [5.74, 6) is 0. The predicted molar refractivity (Wildman–Crippen MR) is 121 cm³/mol. The molecule has 0 atom stereocenters. The van der Waals surface area contributed by atoms with E-state index in [4.69, 9.17) is 4.42 Å². The Morgan fingerprint density at radius 2 is 1.55 bits per heavy atom. The maximum atomic E-state index is 6.49. The Hall–Kier alpha value is -3.13. The SMILES string of the molecule is Cc1ccc2c(oc3cc4ccccc4cc32)c1-c1cc(C(C)(C)C)cc[n+]1C. The molecule has 0 aliphatic rings. The molecule has 0 aliphatic carbocycles. The lowest BCUT2D eigenvalue weighted by Crippen LogP contribution is -2.32. The van der Waals surface area contributed by atoms with Gasteiger partial charge >= 0.3 is 0 Å². The number of nitrogens with zero attached hydrogens (tertiary/aromatic N) is 1. The first-order chi connectivity index (χ1) is 13.8. The van der Waals surface area contributed by atoms with Crippen LogP contribution in [0.15, 0.2) is 71.3 Å². The second-order valence-electron chi connectivity index (χ2n) is 9.09. The second kappa shape index (κ2) is 6.18. The van der Waals surface area contributed by atoms with Crippen molar-refractivity contribution in [1.29, 1.82) is 0 Å². The average Bonchev–Trinajstić information content (AvgIpc) is 3.03. The minimum Gasteiger partial charge on any atom is -0.455 e. The number of benzene rings is 3. The molecule has 0 saturated carbocycles. The standard InChI is InChI=1S/C27H26NO/c1-17-10-11-21-22-14-18-8-6-7-9-19(18)15-24(22)29-26(21)25(17)23-16-20(27(2,3)4)12-13-28(23)5/h6-16H,1-5H3/q+1. The Kier molecular flexibility index (Phi) is 3.82. The first kappa shape index (κ1) is 17.9. The molecular formula is C27H26NO+. The maximum absolute atomic E-state index is 6.49. The molecule has 144 valence electrons. The predicted octanol–water partition coefficient (Wildman–Crippen LogP) is 6.84. The Labute approximate surface area is 171 Å². The van der Waals surface area contributed by atoms with E-state index >= 15 is 0 Å². The lowest BCUT2D eigenvalue weighted by molar-refractivity contribution is -0.660. The molecule has 3 aromatic carbocycles. The number of hydrogen-bond acceptors (Lipinski definition) is 1. The van der Waals surface area contributed by atoms with Crippen molar-refractivity contribution in [3.05, 3.63) is 78.0 Å². The molecule has 0 amide bonds. The number of aromatic nitrogens is 1. The van der Waals surface area contributed by atoms with E-state index in [-0.39, 0.29) is 5.41 Å². The first-order valence-corrected chi connectivity index (χ1v) is 10.2. The van der Waals surface area contributed by atoms with Gasteiger partial charge < -0.3 is 4.42 Å². The first-order valence-electron chi connectivity index (χ1n) is 10.2. The summed E-state index contributed by atoms with van der Waals surface area (Å²) < 4.78 is 8.69. The maximum Gasteiger partial charge on any atom is 0.216 e. The summed E-state index contributed by atoms with van der Waals surface area (Å²) in [6.45, 7) is 8.94. The zero-order chi connectivity index (χ0) is 20.3. The number of aryl methyl sites for hydroxylation is 2. The lowest BCUT2D eigenvalue weighted by atomic mass is 9.86. The van der Waals surface area contributed by atoms with Crippen LogP contribution in [0.3, 0.4) is 0 Å². The van der Waals surface area contributed by atoms with Crippen LogP contribution in [0.5, 0.6) is 0 Å². The van der Waals surface area contributed by atoms with Crippen LogP contribution in [0.2, 0.25) is 0 Å². The molecule has 0 spiro atoms. The summed E-state index contributed by atoms with van der Waals surface area (Å²) in [4.78, 5) is 0. The Balaban J connectivity index is 1.87. The van der Waals surface area contributed by atoms with E-state index in [1.165, 1.54) is 43.9 Å². The largest absolute Gasteiger partial charge is 0.455 e. The number of furan rings is 1. The molecule has 0 fully saturated rings. The quantitative estimate of drug-likeness (QED) is 0.291. The Morgan fingerprint density at radius 3 is 2.28 bits per heavy atom. The third kappa shape index (κ3) is 2.82. The minimum absolute atomic E-state index is 0.0937. The van der Waals surface area contributed by atoms with Gasteiger partial charge in [-0.2, -0.15) is 0 Å². The fourth-order valence-electron chi connectivity index (χ4n) is 4.23. The van der Waals surface area contributed by atoms with Gasteiger partial charge in [-0.25, -0.2) is 4.57 Å². The van der Waals surface area contributed by atoms with Crippen LogP contribution in [0.1, 0.15) is 31.9 Å². The summed E-state index contributed by atoms with van der Waals surface area (Å²) in [6.07, 6.45) is 2.16. The van der Waals surface area contributed by atoms with Crippen molar-refractivity contribution in [2.75, 3.05) is 0 Å². The third-order valence-electron chi connectivity index (χ3n) is 5.99. The van der Waals surface area contributed by atoms with Crippen LogP contribution in [-0.2, 0) is 12.5 Å². The van der Waals surface area contributed by atoms with Crippen molar-refractivity contribution in [2.45, 2.75) is 33.1 Å². The molecule has 29 heavy (non-hydrogen) atoms. The van der Waals surface area contributed by atoms with Crippen LogP contribution >= 0.6 is 0 Å².